The molecule has 9 rings (SSSR count). The van der Waals surface area contributed by atoms with Gasteiger partial charge in [-0.2, -0.15) is 0 Å². The summed E-state index contributed by atoms with van der Waals surface area (Å²) < 4.78 is 8.75. The summed E-state index contributed by atoms with van der Waals surface area (Å²) in [6.07, 6.45) is 0. The predicted octanol–water partition coefficient (Wildman–Crippen LogP) is 12.6. The summed E-state index contributed by atoms with van der Waals surface area (Å²) in [4.78, 5) is 2.37. The summed E-state index contributed by atoms with van der Waals surface area (Å²) in [5.74, 6) is 0. The van der Waals surface area contributed by atoms with Crippen molar-refractivity contribution in [3.05, 3.63) is 151 Å². The lowest BCUT2D eigenvalue weighted by Crippen LogP contribution is -2.11. The van der Waals surface area contributed by atoms with Crippen LogP contribution in [0.1, 0.15) is 5.56 Å². The topological polar surface area (TPSA) is 28.4 Å². The van der Waals surface area contributed by atoms with Gasteiger partial charge in [0.1, 0.15) is 11.2 Å². The van der Waals surface area contributed by atoms with Gasteiger partial charge in [0.2, 0.25) is 0 Å². The molecule has 0 aliphatic rings. The number of anilines is 5. The molecule has 0 atom stereocenters. The lowest BCUT2D eigenvalue weighted by Gasteiger charge is -2.27. The van der Waals surface area contributed by atoms with Crippen LogP contribution in [0, 0.1) is 6.92 Å². The average Bonchev–Trinajstić information content (AvgIpc) is 3.64. The van der Waals surface area contributed by atoms with Crippen molar-refractivity contribution in [1.29, 1.82) is 0 Å². The highest BCUT2D eigenvalue weighted by Gasteiger charge is 2.18. The summed E-state index contributed by atoms with van der Waals surface area (Å²) in [6, 6.07) is 51.8. The molecular formula is C41H28N2OS. The first-order chi connectivity index (χ1) is 22.2. The van der Waals surface area contributed by atoms with Crippen LogP contribution < -0.4 is 10.2 Å². The second-order valence-corrected chi connectivity index (χ2v) is 12.6. The lowest BCUT2D eigenvalue weighted by atomic mass is 10.0. The molecule has 3 nitrogen and oxygen atoms in total. The maximum atomic E-state index is 6.13. The summed E-state index contributed by atoms with van der Waals surface area (Å²) in [7, 11) is 0. The van der Waals surface area contributed by atoms with Gasteiger partial charge in [-0.05, 0) is 96.1 Å². The van der Waals surface area contributed by atoms with E-state index in [0.29, 0.717) is 0 Å². The number of furan rings is 1. The second-order valence-electron chi connectivity index (χ2n) is 11.5. The molecule has 0 unspecified atom stereocenters. The van der Waals surface area contributed by atoms with Crippen molar-refractivity contribution in [3.63, 3.8) is 0 Å². The maximum Gasteiger partial charge on any atom is 0.137 e. The number of hydrogen-bond acceptors (Lipinski definition) is 4. The first-order valence-corrected chi connectivity index (χ1v) is 16.0. The van der Waals surface area contributed by atoms with Crippen LogP contribution in [0.2, 0.25) is 0 Å². The van der Waals surface area contributed by atoms with Crippen LogP contribution >= 0.6 is 11.3 Å². The quantitative estimate of drug-likeness (QED) is 0.214. The number of hydrogen-bond donors (Lipinski definition) is 1. The van der Waals surface area contributed by atoms with Crippen LogP contribution in [0.25, 0.3) is 52.9 Å². The third-order valence-corrected chi connectivity index (χ3v) is 9.86. The molecule has 9 aromatic rings. The van der Waals surface area contributed by atoms with Crippen molar-refractivity contribution in [2.45, 2.75) is 6.92 Å². The summed E-state index contributed by atoms with van der Waals surface area (Å²) >= 11 is 1.86. The zero-order valence-corrected chi connectivity index (χ0v) is 25.4. The van der Waals surface area contributed by atoms with E-state index in [4.69, 9.17) is 4.42 Å². The Morgan fingerprint density at radius 3 is 2.16 bits per heavy atom. The van der Waals surface area contributed by atoms with Gasteiger partial charge in [0.15, 0.2) is 0 Å². The number of rotatable bonds is 5. The van der Waals surface area contributed by atoms with E-state index in [2.05, 4.69) is 151 Å². The van der Waals surface area contributed by atoms with Crippen molar-refractivity contribution in [2.75, 3.05) is 10.2 Å². The fourth-order valence-corrected chi connectivity index (χ4v) is 7.74. The van der Waals surface area contributed by atoms with Crippen molar-refractivity contribution in [3.8, 4) is 0 Å². The Balaban J connectivity index is 1.13. The van der Waals surface area contributed by atoms with E-state index >= 15 is 0 Å². The van der Waals surface area contributed by atoms with Gasteiger partial charge in [-0.1, -0.05) is 66.7 Å². The summed E-state index contributed by atoms with van der Waals surface area (Å²) in [5, 5.41) is 11.1. The first-order valence-electron chi connectivity index (χ1n) is 15.2. The molecule has 0 aliphatic heterocycles. The smallest absolute Gasteiger partial charge is 0.137 e. The normalized spacial score (nSPS) is 11.7. The Kier molecular flexibility index (Phi) is 5.90. The van der Waals surface area contributed by atoms with Crippen LogP contribution in [0.15, 0.2) is 150 Å². The minimum absolute atomic E-state index is 0.883. The fourth-order valence-electron chi connectivity index (χ4n) is 6.63. The Hall–Kier alpha value is -5.58. The van der Waals surface area contributed by atoms with E-state index in [0.717, 1.165) is 50.4 Å². The average molecular weight is 597 g/mol. The van der Waals surface area contributed by atoms with Crippen LogP contribution in [0.3, 0.4) is 0 Å². The molecule has 1 N–H and O–H groups in total. The van der Waals surface area contributed by atoms with E-state index < -0.39 is 0 Å². The van der Waals surface area contributed by atoms with Gasteiger partial charge in [0.05, 0.1) is 0 Å². The minimum atomic E-state index is 0.883. The largest absolute Gasteiger partial charge is 0.456 e. The van der Waals surface area contributed by atoms with Crippen LogP contribution in [-0.4, -0.2) is 0 Å². The van der Waals surface area contributed by atoms with E-state index in [9.17, 15) is 0 Å². The molecule has 2 aromatic heterocycles. The zero-order chi connectivity index (χ0) is 29.9. The summed E-state index contributed by atoms with van der Waals surface area (Å²) in [6.45, 7) is 2.19. The Morgan fingerprint density at radius 2 is 1.27 bits per heavy atom. The van der Waals surface area contributed by atoms with E-state index in [1.165, 1.54) is 36.5 Å². The fraction of sp³-hybridized carbons (Fsp3) is 0.0244. The monoisotopic (exact) mass is 596 g/mol. The molecule has 45 heavy (non-hydrogen) atoms. The van der Waals surface area contributed by atoms with Crippen LogP contribution in [0.5, 0.6) is 0 Å². The van der Waals surface area contributed by atoms with Crippen LogP contribution in [0.4, 0.5) is 28.4 Å². The predicted molar refractivity (Wildman–Crippen MR) is 193 cm³/mol. The van der Waals surface area contributed by atoms with Crippen LogP contribution in [-0.2, 0) is 0 Å². The molecule has 214 valence electrons. The zero-order valence-electron chi connectivity index (χ0n) is 24.6. The lowest BCUT2D eigenvalue weighted by molar-refractivity contribution is 0.669. The molecule has 2 heterocycles. The Morgan fingerprint density at radius 1 is 0.533 bits per heavy atom. The van der Waals surface area contributed by atoms with Gasteiger partial charge in [0, 0.05) is 65.4 Å². The molecule has 0 bridgehead atoms. The Bertz CT molecular complexity index is 2540. The van der Waals surface area contributed by atoms with Gasteiger partial charge >= 0.3 is 0 Å². The third-order valence-electron chi connectivity index (χ3n) is 8.72. The number of para-hydroxylation sites is 2. The number of fused-ring (bicyclic) bond motifs is 8. The molecule has 0 saturated carbocycles. The SMILES string of the molecule is Cc1cc(Nc2ccc3c(c2)oc2ccccc23)ccc1N(c1ccccc1)c1ccc2sc3ccc4ccccc4c3c2c1. The summed E-state index contributed by atoms with van der Waals surface area (Å²) in [5.41, 5.74) is 8.40. The van der Waals surface area contributed by atoms with E-state index in [1.807, 2.05) is 23.5 Å². The van der Waals surface area contributed by atoms with Gasteiger partial charge < -0.3 is 14.6 Å². The number of aryl methyl sites for hydroxylation is 1. The second kappa shape index (κ2) is 10.3. The standard InChI is InChI=1S/C41H28N2OS/c1-26-23-28(42-29-16-19-34-33-13-7-8-14-37(33)44-38(34)24-29)17-20-36(26)43(30-10-3-2-4-11-30)31-18-22-39-35(25-31)41-32-12-6-5-9-27(32)15-21-40(41)45-39/h2-25,42H,1H3. The minimum Gasteiger partial charge on any atom is -0.456 e. The van der Waals surface area contributed by atoms with Gasteiger partial charge in [-0.25, -0.2) is 0 Å². The molecule has 7 aromatic carbocycles. The highest BCUT2D eigenvalue weighted by Crippen LogP contribution is 2.43. The molecule has 0 amide bonds. The number of nitrogens with one attached hydrogen (secondary N) is 1. The first kappa shape index (κ1) is 25.9. The number of thiophene rings is 1. The van der Waals surface area contributed by atoms with Gasteiger partial charge in [-0.3, -0.25) is 0 Å². The molecule has 0 aliphatic carbocycles. The number of benzene rings is 7. The number of nitrogens with zero attached hydrogens (tertiary/aromatic N) is 1. The van der Waals surface area contributed by atoms with Crippen molar-refractivity contribution in [2.24, 2.45) is 0 Å². The van der Waals surface area contributed by atoms with Gasteiger partial charge in [-0.15, -0.1) is 11.3 Å². The Labute approximate surface area is 264 Å². The molecule has 0 spiro atoms. The molecule has 0 radical (unpaired) electrons. The van der Waals surface area contributed by atoms with Crippen molar-refractivity contribution in [1.82, 2.24) is 0 Å². The third kappa shape index (κ3) is 4.34. The van der Waals surface area contributed by atoms with Crippen molar-refractivity contribution < 1.29 is 4.42 Å². The molecule has 0 fully saturated rings. The molecule has 4 heteroatoms. The molecule has 0 saturated heterocycles. The van der Waals surface area contributed by atoms with E-state index in [-0.39, 0.29) is 0 Å². The van der Waals surface area contributed by atoms with Crippen molar-refractivity contribution >= 4 is 92.7 Å². The molecular weight excluding hydrogens is 569 g/mol. The maximum absolute atomic E-state index is 6.13. The van der Waals surface area contributed by atoms with Gasteiger partial charge in [0.25, 0.3) is 0 Å². The van der Waals surface area contributed by atoms with E-state index in [1.54, 1.807) is 0 Å². The highest BCUT2D eigenvalue weighted by molar-refractivity contribution is 7.26. The highest BCUT2D eigenvalue weighted by atomic mass is 32.1.